The number of carbonyl (C=O) groups excluding carboxylic acids is 1. The van der Waals surface area contributed by atoms with Gasteiger partial charge in [0.2, 0.25) is 0 Å². The summed E-state index contributed by atoms with van der Waals surface area (Å²) in [4.78, 5) is 25.8. The van der Waals surface area contributed by atoms with Crippen LogP contribution in [0.2, 0.25) is 5.02 Å². The van der Waals surface area contributed by atoms with E-state index in [1.807, 2.05) is 12.1 Å². The molecular weight excluding hydrogens is 533 g/mol. The highest BCUT2D eigenvalue weighted by atomic mass is 35.5. The third kappa shape index (κ3) is 6.99. The molecule has 2 aromatic carbocycles. The van der Waals surface area contributed by atoms with Crippen LogP contribution in [0.4, 0.5) is 23.7 Å². The lowest BCUT2D eigenvalue weighted by atomic mass is 9.45. The van der Waals surface area contributed by atoms with Gasteiger partial charge in [-0.1, -0.05) is 37.6 Å². The van der Waals surface area contributed by atoms with Crippen LogP contribution in [0.5, 0.6) is 5.75 Å². The number of aliphatic carboxylic acids is 1. The summed E-state index contributed by atoms with van der Waals surface area (Å²) in [6.45, 7) is 5.62. The van der Waals surface area contributed by atoms with Crippen molar-refractivity contribution < 1.29 is 32.6 Å². The van der Waals surface area contributed by atoms with Gasteiger partial charge in [-0.2, -0.15) is 13.2 Å². The van der Waals surface area contributed by atoms with Gasteiger partial charge in [-0.25, -0.2) is 4.79 Å². The van der Waals surface area contributed by atoms with Crippen molar-refractivity contribution in [2.75, 3.05) is 18.5 Å². The Labute approximate surface area is 231 Å². The lowest BCUT2D eigenvalue weighted by molar-refractivity contribution is -0.138. The van der Waals surface area contributed by atoms with Crippen molar-refractivity contribution in [3.05, 3.63) is 58.6 Å². The molecule has 6 nitrogen and oxygen atoms in total. The number of nitrogens with zero attached hydrogens (tertiary/aromatic N) is 1. The summed E-state index contributed by atoms with van der Waals surface area (Å²) in [5, 5.41) is 11.0. The molecule has 39 heavy (non-hydrogen) atoms. The fourth-order valence-electron chi connectivity index (χ4n) is 6.03. The van der Waals surface area contributed by atoms with Gasteiger partial charge in [0, 0.05) is 25.2 Å². The molecule has 0 aromatic heterocycles. The summed E-state index contributed by atoms with van der Waals surface area (Å²) in [5.74, 6) is 1.23. The smallest absolute Gasteiger partial charge is 0.417 e. The van der Waals surface area contributed by atoms with Crippen LogP contribution in [0, 0.1) is 23.2 Å². The molecule has 10 heteroatoms. The third-order valence-corrected chi connectivity index (χ3v) is 8.70. The lowest BCUT2D eigenvalue weighted by Crippen LogP contribution is -2.55. The molecule has 2 N–H and O–H groups in total. The van der Waals surface area contributed by atoms with E-state index in [-0.39, 0.29) is 30.7 Å². The fraction of sp³-hybridized carbons (Fsp3) is 0.517. The number of amides is 2. The van der Waals surface area contributed by atoms with Gasteiger partial charge in [-0.3, -0.25) is 4.79 Å². The second-order valence-electron chi connectivity index (χ2n) is 11.2. The molecule has 2 aromatic rings. The number of benzene rings is 2. The zero-order chi connectivity index (χ0) is 28.4. The molecule has 212 valence electrons. The number of fused-ring (bicyclic) bond motifs is 2. The van der Waals surface area contributed by atoms with Crippen LogP contribution in [0.25, 0.3) is 0 Å². The molecule has 0 heterocycles. The van der Waals surface area contributed by atoms with Crippen molar-refractivity contribution >= 4 is 29.3 Å². The molecule has 5 rings (SSSR count). The first-order valence-electron chi connectivity index (χ1n) is 13.2. The summed E-state index contributed by atoms with van der Waals surface area (Å²) in [5.41, 5.74) is 0.0980. The van der Waals surface area contributed by atoms with Gasteiger partial charge in [0.15, 0.2) is 0 Å². The van der Waals surface area contributed by atoms with Crippen LogP contribution >= 0.6 is 11.6 Å². The standard InChI is InChI=1S/C29H34ClF3N2O4/c1-28(2)20-8-7-19(23(28)14-20)17-35(16-18-5-10-22(11-6-18)39-13-3-4-26(36)37)27(38)34-21-9-12-25(30)24(15-21)29(31,32)33/h5-6,9-12,15,19-20,23H,3-4,7-8,13-14,16-17H2,1-2H3,(H,34,38)(H,36,37). The SMILES string of the molecule is CC1(C)C2CCC(CN(Cc3ccc(OCCCC(=O)O)cc3)C(=O)Nc3ccc(Cl)c(C(F)(F)F)c3)C1C2. The zero-order valence-electron chi connectivity index (χ0n) is 22.1. The monoisotopic (exact) mass is 566 g/mol. The Kier molecular flexibility index (Phi) is 8.69. The number of nitrogens with one attached hydrogen (secondary N) is 1. The largest absolute Gasteiger partial charge is 0.494 e. The van der Waals surface area contributed by atoms with Gasteiger partial charge in [-0.15, -0.1) is 0 Å². The predicted molar refractivity (Wildman–Crippen MR) is 143 cm³/mol. The second kappa shape index (κ2) is 11.7. The van der Waals surface area contributed by atoms with Gasteiger partial charge in [0.25, 0.3) is 0 Å². The number of hydrogen-bond acceptors (Lipinski definition) is 3. The molecule has 3 aliphatic carbocycles. The fourth-order valence-corrected chi connectivity index (χ4v) is 6.26. The highest BCUT2D eigenvalue weighted by Gasteiger charge is 2.54. The van der Waals surface area contributed by atoms with Gasteiger partial charge in [0.1, 0.15) is 5.75 Å². The number of halogens is 4. The summed E-state index contributed by atoms with van der Waals surface area (Å²) in [7, 11) is 0. The predicted octanol–water partition coefficient (Wildman–Crippen LogP) is 7.71. The van der Waals surface area contributed by atoms with E-state index in [1.165, 1.54) is 6.07 Å². The van der Waals surface area contributed by atoms with Crippen molar-refractivity contribution in [3.8, 4) is 5.75 Å². The number of alkyl halides is 3. The number of carboxylic acid groups (broad SMARTS) is 1. The third-order valence-electron chi connectivity index (χ3n) is 8.37. The number of carboxylic acids is 1. The summed E-state index contributed by atoms with van der Waals surface area (Å²) < 4.78 is 45.7. The normalized spacial score (nSPS) is 21.5. The number of urea groups is 1. The Balaban J connectivity index is 1.48. The molecule has 0 spiro atoms. The van der Waals surface area contributed by atoms with Gasteiger partial charge in [-0.05, 0) is 84.7 Å². The Morgan fingerprint density at radius 3 is 2.49 bits per heavy atom. The van der Waals surface area contributed by atoms with Crippen LogP contribution in [0.15, 0.2) is 42.5 Å². The molecule has 3 unspecified atom stereocenters. The van der Waals surface area contributed by atoms with E-state index >= 15 is 0 Å². The molecule has 2 bridgehead atoms. The molecule has 3 aliphatic rings. The van der Waals surface area contributed by atoms with Crippen LogP contribution < -0.4 is 10.1 Å². The highest BCUT2D eigenvalue weighted by Crippen LogP contribution is 2.61. The minimum Gasteiger partial charge on any atom is -0.494 e. The first kappa shape index (κ1) is 29.1. The average molecular weight is 567 g/mol. The second-order valence-corrected chi connectivity index (χ2v) is 11.6. The van der Waals surface area contributed by atoms with Crippen LogP contribution in [0.1, 0.15) is 57.1 Å². The number of ether oxygens (including phenoxy) is 1. The summed E-state index contributed by atoms with van der Waals surface area (Å²) >= 11 is 5.75. The minimum atomic E-state index is -4.64. The van der Waals surface area contributed by atoms with Crippen molar-refractivity contribution in [1.29, 1.82) is 0 Å². The molecule has 2 amide bonds. The highest BCUT2D eigenvalue weighted by molar-refractivity contribution is 6.31. The van der Waals surface area contributed by atoms with Gasteiger partial charge < -0.3 is 20.1 Å². The first-order valence-corrected chi connectivity index (χ1v) is 13.6. The number of carbonyl (C=O) groups is 2. The quantitative estimate of drug-likeness (QED) is 0.289. The van der Waals surface area contributed by atoms with E-state index < -0.39 is 28.8 Å². The Morgan fingerprint density at radius 2 is 1.87 bits per heavy atom. The lowest BCUT2D eigenvalue weighted by Gasteiger charge is -2.60. The van der Waals surface area contributed by atoms with E-state index in [1.54, 1.807) is 17.0 Å². The molecule has 3 fully saturated rings. The number of hydrogen-bond donors (Lipinski definition) is 2. The van der Waals surface area contributed by atoms with E-state index in [4.69, 9.17) is 21.4 Å². The zero-order valence-corrected chi connectivity index (χ0v) is 22.8. The van der Waals surface area contributed by atoms with E-state index in [0.29, 0.717) is 36.5 Å². The molecule has 3 atom stereocenters. The Morgan fingerprint density at radius 1 is 1.15 bits per heavy atom. The van der Waals surface area contributed by atoms with Crippen molar-refractivity contribution in [2.45, 2.75) is 58.7 Å². The Bertz CT molecular complexity index is 1180. The van der Waals surface area contributed by atoms with Gasteiger partial charge >= 0.3 is 18.2 Å². The maximum atomic E-state index is 13.4. The van der Waals surface area contributed by atoms with Gasteiger partial charge in [0.05, 0.1) is 17.2 Å². The van der Waals surface area contributed by atoms with E-state index in [9.17, 15) is 22.8 Å². The summed E-state index contributed by atoms with van der Waals surface area (Å²) in [6, 6.07) is 10.1. The van der Waals surface area contributed by atoms with Crippen LogP contribution in [-0.2, 0) is 17.5 Å². The minimum absolute atomic E-state index is 0.0273. The Hall–Kier alpha value is -2.94. The molecular formula is C29H34ClF3N2O4. The van der Waals surface area contributed by atoms with Crippen LogP contribution in [0.3, 0.4) is 0 Å². The van der Waals surface area contributed by atoms with Crippen LogP contribution in [-0.4, -0.2) is 35.2 Å². The van der Waals surface area contributed by atoms with Crippen molar-refractivity contribution in [1.82, 2.24) is 4.90 Å². The molecule has 0 radical (unpaired) electrons. The molecule has 0 saturated heterocycles. The maximum absolute atomic E-state index is 13.4. The topological polar surface area (TPSA) is 78.9 Å². The average Bonchev–Trinajstić information content (AvgIpc) is 2.87. The summed E-state index contributed by atoms with van der Waals surface area (Å²) in [6.07, 6.45) is -0.934. The molecule has 3 saturated carbocycles. The number of anilines is 1. The molecule has 0 aliphatic heterocycles. The van der Waals surface area contributed by atoms with Crippen molar-refractivity contribution in [2.24, 2.45) is 23.2 Å². The van der Waals surface area contributed by atoms with E-state index in [0.717, 1.165) is 37.0 Å². The first-order chi connectivity index (χ1) is 18.3. The number of rotatable bonds is 10. The van der Waals surface area contributed by atoms with Crippen molar-refractivity contribution in [3.63, 3.8) is 0 Å². The maximum Gasteiger partial charge on any atom is 0.417 e. The van der Waals surface area contributed by atoms with E-state index in [2.05, 4.69) is 19.2 Å².